The maximum Gasteiger partial charge on any atom is 0.341 e. The van der Waals surface area contributed by atoms with Crippen molar-refractivity contribution in [3.05, 3.63) is 64.2 Å². The second kappa shape index (κ2) is 7.00. The first-order valence-electron chi connectivity index (χ1n) is 8.23. The molecule has 0 aliphatic heterocycles. The summed E-state index contributed by atoms with van der Waals surface area (Å²) in [7, 11) is 1.31. The van der Waals surface area contributed by atoms with Gasteiger partial charge in [-0.2, -0.15) is 0 Å². The zero-order valence-corrected chi connectivity index (χ0v) is 15.2. The van der Waals surface area contributed by atoms with E-state index in [0.29, 0.717) is 22.6 Å². The van der Waals surface area contributed by atoms with Crippen molar-refractivity contribution in [2.45, 2.75) is 27.3 Å². The fraction of sp³-hybridized carbons (Fsp3) is 0.250. The third-order valence-corrected chi connectivity index (χ3v) is 4.13. The molecule has 0 saturated carbocycles. The summed E-state index contributed by atoms with van der Waals surface area (Å²) >= 11 is 0. The van der Waals surface area contributed by atoms with Crippen molar-refractivity contribution in [2.24, 2.45) is 0 Å². The van der Waals surface area contributed by atoms with Crippen molar-refractivity contribution in [3.63, 3.8) is 0 Å². The van der Waals surface area contributed by atoms with Crippen molar-refractivity contribution in [2.75, 3.05) is 7.11 Å². The number of furan rings is 1. The molecule has 6 nitrogen and oxygen atoms in total. The van der Waals surface area contributed by atoms with E-state index in [-0.39, 0.29) is 12.5 Å². The van der Waals surface area contributed by atoms with Gasteiger partial charge in [-0.3, -0.25) is 9.78 Å². The van der Waals surface area contributed by atoms with Gasteiger partial charge in [-0.1, -0.05) is 11.6 Å². The van der Waals surface area contributed by atoms with Gasteiger partial charge in [0.15, 0.2) is 0 Å². The third kappa shape index (κ3) is 3.44. The van der Waals surface area contributed by atoms with Crippen LogP contribution in [0.25, 0.3) is 10.9 Å². The Morgan fingerprint density at radius 3 is 2.62 bits per heavy atom. The number of hydrogen-bond donors (Lipinski definition) is 1. The number of esters is 1. The zero-order chi connectivity index (χ0) is 18.8. The minimum absolute atomic E-state index is 0.172. The van der Waals surface area contributed by atoms with Crippen LogP contribution in [0.4, 0.5) is 0 Å². The van der Waals surface area contributed by atoms with Crippen molar-refractivity contribution >= 4 is 22.8 Å². The minimum atomic E-state index is -0.463. The SMILES string of the molecule is COC(=O)c1cc(CNC(=O)c2cc(C)nc3ccc(C)cc23)oc1C. The highest BCUT2D eigenvalue weighted by Gasteiger charge is 2.17. The Morgan fingerprint density at radius 1 is 1.12 bits per heavy atom. The smallest absolute Gasteiger partial charge is 0.341 e. The summed E-state index contributed by atoms with van der Waals surface area (Å²) in [6.45, 7) is 5.68. The van der Waals surface area contributed by atoms with Gasteiger partial charge in [-0.25, -0.2) is 4.79 Å². The second-order valence-corrected chi connectivity index (χ2v) is 6.19. The number of nitrogens with zero attached hydrogens (tertiary/aromatic N) is 1. The monoisotopic (exact) mass is 352 g/mol. The molecule has 0 fully saturated rings. The summed E-state index contributed by atoms with van der Waals surface area (Å²) in [6.07, 6.45) is 0. The van der Waals surface area contributed by atoms with E-state index >= 15 is 0 Å². The Balaban J connectivity index is 1.84. The molecule has 134 valence electrons. The van der Waals surface area contributed by atoms with E-state index in [1.165, 1.54) is 7.11 Å². The van der Waals surface area contributed by atoms with Gasteiger partial charge in [-0.15, -0.1) is 0 Å². The Bertz CT molecular complexity index is 1000. The molecule has 26 heavy (non-hydrogen) atoms. The molecule has 1 N–H and O–H groups in total. The molecule has 3 rings (SSSR count). The summed E-state index contributed by atoms with van der Waals surface area (Å²) < 4.78 is 10.2. The first kappa shape index (κ1) is 17.7. The fourth-order valence-electron chi connectivity index (χ4n) is 2.87. The highest BCUT2D eigenvalue weighted by atomic mass is 16.5. The average Bonchev–Trinajstić information content (AvgIpc) is 2.99. The number of rotatable bonds is 4. The van der Waals surface area contributed by atoms with Crippen LogP contribution in [0.3, 0.4) is 0 Å². The van der Waals surface area contributed by atoms with Gasteiger partial charge in [0.2, 0.25) is 0 Å². The van der Waals surface area contributed by atoms with E-state index in [9.17, 15) is 9.59 Å². The summed E-state index contributed by atoms with van der Waals surface area (Å²) in [6, 6.07) is 9.18. The Morgan fingerprint density at radius 2 is 1.88 bits per heavy atom. The number of fused-ring (bicyclic) bond motifs is 1. The lowest BCUT2D eigenvalue weighted by Gasteiger charge is -2.09. The van der Waals surface area contributed by atoms with Crippen molar-refractivity contribution in [3.8, 4) is 0 Å². The summed E-state index contributed by atoms with van der Waals surface area (Å²) in [5, 5.41) is 3.64. The van der Waals surface area contributed by atoms with Gasteiger partial charge >= 0.3 is 5.97 Å². The van der Waals surface area contributed by atoms with Gasteiger partial charge in [-0.05, 0) is 45.0 Å². The highest BCUT2D eigenvalue weighted by molar-refractivity contribution is 6.06. The molecule has 0 aliphatic carbocycles. The summed E-state index contributed by atoms with van der Waals surface area (Å²) in [5.41, 5.74) is 3.53. The summed E-state index contributed by atoms with van der Waals surface area (Å²) in [5.74, 6) is 0.263. The van der Waals surface area contributed by atoms with Crippen LogP contribution in [0.1, 0.15) is 43.5 Å². The summed E-state index contributed by atoms with van der Waals surface area (Å²) in [4.78, 5) is 28.8. The molecule has 0 spiro atoms. The lowest BCUT2D eigenvalue weighted by molar-refractivity contribution is 0.0598. The van der Waals surface area contributed by atoms with Crippen LogP contribution in [-0.4, -0.2) is 24.0 Å². The van der Waals surface area contributed by atoms with Gasteiger partial charge in [0, 0.05) is 11.1 Å². The van der Waals surface area contributed by atoms with Crippen molar-refractivity contribution < 1.29 is 18.7 Å². The van der Waals surface area contributed by atoms with E-state index in [2.05, 4.69) is 10.3 Å². The molecular weight excluding hydrogens is 332 g/mol. The van der Waals surface area contributed by atoms with E-state index in [0.717, 1.165) is 22.2 Å². The molecule has 2 heterocycles. The molecule has 0 saturated heterocycles. The normalized spacial score (nSPS) is 10.8. The molecule has 3 aromatic rings. The maximum atomic E-state index is 12.7. The molecule has 0 unspecified atom stereocenters. The van der Waals surface area contributed by atoms with Crippen LogP contribution >= 0.6 is 0 Å². The predicted molar refractivity (Wildman–Crippen MR) is 97.2 cm³/mol. The molecule has 2 aromatic heterocycles. The minimum Gasteiger partial charge on any atom is -0.465 e. The fourth-order valence-corrected chi connectivity index (χ4v) is 2.87. The molecule has 1 amide bonds. The van der Waals surface area contributed by atoms with Crippen LogP contribution in [0, 0.1) is 20.8 Å². The Hall–Kier alpha value is -3.15. The Kier molecular flexibility index (Phi) is 4.75. The van der Waals surface area contributed by atoms with E-state index < -0.39 is 5.97 Å². The highest BCUT2D eigenvalue weighted by Crippen LogP contribution is 2.21. The van der Waals surface area contributed by atoms with Crippen LogP contribution in [0.2, 0.25) is 0 Å². The van der Waals surface area contributed by atoms with Crippen LogP contribution < -0.4 is 5.32 Å². The largest absolute Gasteiger partial charge is 0.465 e. The number of hydrogen-bond acceptors (Lipinski definition) is 5. The molecule has 0 atom stereocenters. The molecule has 0 aliphatic rings. The standard InChI is InChI=1S/C20H20N2O4/c1-11-5-6-18-16(7-11)17(8-12(2)22-18)19(23)21-10-14-9-15(13(3)26-14)20(24)25-4/h5-9H,10H2,1-4H3,(H,21,23). The molecule has 1 aromatic carbocycles. The van der Waals surface area contributed by atoms with E-state index in [1.54, 1.807) is 19.1 Å². The van der Waals surface area contributed by atoms with Gasteiger partial charge in [0.25, 0.3) is 5.91 Å². The number of pyridine rings is 1. The van der Waals surface area contributed by atoms with Crippen LogP contribution in [0.15, 0.2) is 34.7 Å². The number of benzene rings is 1. The first-order chi connectivity index (χ1) is 12.4. The number of nitrogens with one attached hydrogen (secondary N) is 1. The Labute approximate surface area is 151 Å². The van der Waals surface area contributed by atoms with E-state index in [1.807, 2.05) is 32.0 Å². The van der Waals surface area contributed by atoms with Crippen molar-refractivity contribution in [1.29, 1.82) is 0 Å². The predicted octanol–water partition coefficient (Wildman–Crippen LogP) is 3.47. The average molecular weight is 352 g/mol. The van der Waals surface area contributed by atoms with Gasteiger partial charge in [0.05, 0.1) is 24.7 Å². The molecular formula is C20H20N2O4. The maximum absolute atomic E-state index is 12.7. The number of ether oxygens (including phenoxy) is 1. The topological polar surface area (TPSA) is 81.4 Å². The molecule has 0 radical (unpaired) electrons. The quantitative estimate of drug-likeness (QED) is 0.727. The third-order valence-electron chi connectivity index (χ3n) is 4.13. The first-order valence-corrected chi connectivity index (χ1v) is 8.23. The lowest BCUT2D eigenvalue weighted by Crippen LogP contribution is -2.23. The van der Waals surface area contributed by atoms with Crippen LogP contribution in [0.5, 0.6) is 0 Å². The number of methoxy groups -OCH3 is 1. The number of amides is 1. The number of carbonyl (C=O) groups excluding carboxylic acids is 2. The van der Waals surface area contributed by atoms with Gasteiger partial charge in [0.1, 0.15) is 17.1 Å². The van der Waals surface area contributed by atoms with Crippen LogP contribution in [-0.2, 0) is 11.3 Å². The molecule has 0 bridgehead atoms. The van der Waals surface area contributed by atoms with E-state index in [4.69, 9.17) is 9.15 Å². The second-order valence-electron chi connectivity index (χ2n) is 6.19. The number of aryl methyl sites for hydroxylation is 3. The number of aromatic nitrogens is 1. The number of carbonyl (C=O) groups is 2. The van der Waals surface area contributed by atoms with Gasteiger partial charge < -0.3 is 14.5 Å². The zero-order valence-electron chi connectivity index (χ0n) is 15.2. The lowest BCUT2D eigenvalue weighted by atomic mass is 10.0. The molecule has 6 heteroatoms. The van der Waals surface area contributed by atoms with Crippen molar-refractivity contribution in [1.82, 2.24) is 10.3 Å².